The van der Waals surface area contributed by atoms with Crippen LogP contribution in [0.25, 0.3) is 0 Å². The van der Waals surface area contributed by atoms with Crippen molar-refractivity contribution < 1.29 is 14.2 Å². The molecule has 0 radical (unpaired) electrons. The largest absolute Gasteiger partial charge is 0.497 e. The lowest BCUT2D eigenvalue weighted by Crippen LogP contribution is -2.55. The van der Waals surface area contributed by atoms with Gasteiger partial charge in [-0.05, 0) is 42.9 Å². The second-order valence-corrected chi connectivity index (χ2v) is 6.82. The van der Waals surface area contributed by atoms with Gasteiger partial charge in [0, 0.05) is 26.2 Å². The summed E-state index contributed by atoms with van der Waals surface area (Å²) >= 11 is 0. The lowest BCUT2D eigenvalue weighted by Gasteiger charge is -2.46. The molecule has 4 heteroatoms. The summed E-state index contributed by atoms with van der Waals surface area (Å²) in [4.78, 5) is 2.62. The SMILES string of the molecule is COc1ccc([C@H](C)CN2CCO[C@@H]3CC[C@H](OC)C[C@@H]32)cc1. The molecule has 1 aromatic carbocycles. The van der Waals surface area contributed by atoms with Gasteiger partial charge in [-0.25, -0.2) is 0 Å². The molecule has 1 aromatic rings. The van der Waals surface area contributed by atoms with Crippen molar-refractivity contribution in [3.63, 3.8) is 0 Å². The first-order valence-corrected chi connectivity index (χ1v) is 8.73. The number of benzene rings is 1. The van der Waals surface area contributed by atoms with Crippen molar-refractivity contribution in [2.24, 2.45) is 0 Å². The van der Waals surface area contributed by atoms with Crippen LogP contribution in [0.2, 0.25) is 0 Å². The van der Waals surface area contributed by atoms with Gasteiger partial charge < -0.3 is 14.2 Å². The summed E-state index contributed by atoms with van der Waals surface area (Å²) in [5.74, 6) is 1.42. The number of hydrogen-bond acceptors (Lipinski definition) is 4. The van der Waals surface area contributed by atoms with Crippen LogP contribution in [0.15, 0.2) is 24.3 Å². The number of morpholine rings is 1. The second kappa shape index (κ2) is 7.65. The zero-order chi connectivity index (χ0) is 16.2. The fourth-order valence-electron chi connectivity index (χ4n) is 3.98. The lowest BCUT2D eigenvalue weighted by molar-refractivity contribution is -0.114. The van der Waals surface area contributed by atoms with Gasteiger partial charge in [-0.2, -0.15) is 0 Å². The van der Waals surface area contributed by atoms with E-state index < -0.39 is 0 Å². The molecule has 0 bridgehead atoms. The van der Waals surface area contributed by atoms with Crippen LogP contribution in [0, 0.1) is 0 Å². The highest BCUT2D eigenvalue weighted by molar-refractivity contribution is 5.29. The molecule has 1 saturated heterocycles. The molecule has 23 heavy (non-hydrogen) atoms. The number of nitrogens with zero attached hydrogens (tertiary/aromatic N) is 1. The topological polar surface area (TPSA) is 30.9 Å². The fourth-order valence-corrected chi connectivity index (χ4v) is 3.98. The first-order valence-electron chi connectivity index (χ1n) is 8.73. The summed E-state index contributed by atoms with van der Waals surface area (Å²) in [6, 6.07) is 8.97. The minimum atomic E-state index is 0.386. The van der Waals surface area contributed by atoms with Crippen LogP contribution in [0.4, 0.5) is 0 Å². The Hall–Kier alpha value is -1.10. The normalized spacial score (nSPS) is 29.8. The Labute approximate surface area is 139 Å². The molecule has 4 atom stereocenters. The zero-order valence-corrected chi connectivity index (χ0v) is 14.5. The van der Waals surface area contributed by atoms with Crippen LogP contribution in [-0.2, 0) is 9.47 Å². The summed E-state index contributed by atoms with van der Waals surface area (Å²) in [6.07, 6.45) is 4.11. The third-order valence-electron chi connectivity index (χ3n) is 5.41. The highest BCUT2D eigenvalue weighted by atomic mass is 16.5. The Morgan fingerprint density at radius 3 is 2.70 bits per heavy atom. The predicted octanol–water partition coefficient (Wildman–Crippen LogP) is 3.07. The van der Waals surface area contributed by atoms with E-state index in [0.29, 0.717) is 24.2 Å². The van der Waals surface area contributed by atoms with Crippen molar-refractivity contribution in [1.82, 2.24) is 4.90 Å². The third kappa shape index (κ3) is 3.87. The van der Waals surface area contributed by atoms with Gasteiger partial charge in [-0.15, -0.1) is 0 Å². The summed E-state index contributed by atoms with van der Waals surface area (Å²) in [5, 5.41) is 0. The van der Waals surface area contributed by atoms with Gasteiger partial charge in [-0.1, -0.05) is 19.1 Å². The number of hydrogen-bond donors (Lipinski definition) is 0. The molecule has 4 nitrogen and oxygen atoms in total. The van der Waals surface area contributed by atoms with Crippen LogP contribution in [0.1, 0.15) is 37.7 Å². The third-order valence-corrected chi connectivity index (χ3v) is 5.41. The highest BCUT2D eigenvalue weighted by Gasteiger charge is 2.38. The Morgan fingerprint density at radius 1 is 1.22 bits per heavy atom. The van der Waals surface area contributed by atoms with Gasteiger partial charge in [0.2, 0.25) is 0 Å². The second-order valence-electron chi connectivity index (χ2n) is 6.82. The van der Waals surface area contributed by atoms with Gasteiger partial charge in [0.05, 0.1) is 25.9 Å². The van der Waals surface area contributed by atoms with Crippen molar-refractivity contribution in [2.75, 3.05) is 33.9 Å². The summed E-state index contributed by atoms with van der Waals surface area (Å²) in [6.45, 7) is 5.27. The van der Waals surface area contributed by atoms with Gasteiger partial charge in [0.15, 0.2) is 0 Å². The summed E-state index contributed by atoms with van der Waals surface area (Å²) in [5.41, 5.74) is 1.37. The quantitative estimate of drug-likeness (QED) is 0.834. The number of fused-ring (bicyclic) bond motifs is 1. The fraction of sp³-hybridized carbons (Fsp3) is 0.684. The maximum Gasteiger partial charge on any atom is 0.118 e. The molecule has 3 rings (SSSR count). The Bertz CT molecular complexity index is 490. The van der Waals surface area contributed by atoms with E-state index in [1.165, 1.54) is 5.56 Å². The van der Waals surface area contributed by atoms with Gasteiger partial charge >= 0.3 is 0 Å². The molecule has 2 fully saturated rings. The monoisotopic (exact) mass is 319 g/mol. The van der Waals surface area contributed by atoms with Crippen LogP contribution >= 0.6 is 0 Å². The van der Waals surface area contributed by atoms with Gasteiger partial charge in [-0.3, -0.25) is 4.90 Å². The van der Waals surface area contributed by atoms with E-state index in [1.54, 1.807) is 7.11 Å². The Balaban J connectivity index is 1.64. The minimum absolute atomic E-state index is 0.386. The zero-order valence-electron chi connectivity index (χ0n) is 14.5. The van der Waals surface area contributed by atoms with Crippen LogP contribution in [-0.4, -0.2) is 57.1 Å². The van der Waals surface area contributed by atoms with Crippen molar-refractivity contribution in [1.29, 1.82) is 0 Å². The van der Waals surface area contributed by atoms with E-state index in [1.807, 2.05) is 7.11 Å². The Morgan fingerprint density at radius 2 is 2.00 bits per heavy atom. The first-order chi connectivity index (χ1) is 11.2. The van der Waals surface area contributed by atoms with Crippen molar-refractivity contribution in [3.05, 3.63) is 29.8 Å². The van der Waals surface area contributed by atoms with E-state index in [4.69, 9.17) is 14.2 Å². The molecule has 128 valence electrons. The molecule has 0 aromatic heterocycles. The molecule has 0 spiro atoms. The lowest BCUT2D eigenvalue weighted by atomic mass is 9.87. The van der Waals surface area contributed by atoms with Gasteiger partial charge in [0.1, 0.15) is 5.75 Å². The molecule has 0 amide bonds. The molecular formula is C19H29NO3. The van der Waals surface area contributed by atoms with Crippen LogP contribution < -0.4 is 4.74 Å². The Kier molecular flexibility index (Phi) is 5.57. The number of rotatable bonds is 5. The van der Waals surface area contributed by atoms with Crippen molar-refractivity contribution in [3.8, 4) is 5.75 Å². The van der Waals surface area contributed by atoms with E-state index in [-0.39, 0.29) is 0 Å². The van der Waals surface area contributed by atoms with Crippen molar-refractivity contribution in [2.45, 2.75) is 50.4 Å². The maximum atomic E-state index is 6.01. The minimum Gasteiger partial charge on any atom is -0.497 e. The van der Waals surface area contributed by atoms with Crippen LogP contribution in [0.3, 0.4) is 0 Å². The highest BCUT2D eigenvalue weighted by Crippen LogP contribution is 2.31. The molecule has 0 N–H and O–H groups in total. The van der Waals surface area contributed by atoms with E-state index in [9.17, 15) is 0 Å². The summed E-state index contributed by atoms with van der Waals surface area (Å²) in [7, 11) is 3.54. The van der Waals surface area contributed by atoms with Crippen molar-refractivity contribution >= 4 is 0 Å². The average Bonchev–Trinajstić information content (AvgIpc) is 2.61. The van der Waals surface area contributed by atoms with E-state index >= 15 is 0 Å². The van der Waals surface area contributed by atoms with E-state index in [2.05, 4.69) is 36.1 Å². The first kappa shape index (κ1) is 16.7. The molecule has 1 heterocycles. The van der Waals surface area contributed by atoms with E-state index in [0.717, 1.165) is 44.7 Å². The maximum absolute atomic E-state index is 6.01. The molecule has 1 aliphatic heterocycles. The molecule has 0 unspecified atom stereocenters. The predicted molar refractivity (Wildman–Crippen MR) is 91.2 cm³/mol. The molecule has 2 aliphatic rings. The number of ether oxygens (including phenoxy) is 3. The van der Waals surface area contributed by atoms with Gasteiger partial charge in [0.25, 0.3) is 0 Å². The van der Waals surface area contributed by atoms with Crippen LogP contribution in [0.5, 0.6) is 5.75 Å². The molecule has 1 saturated carbocycles. The standard InChI is InChI=1S/C19H29NO3/c1-14(15-4-6-16(21-2)7-5-15)13-20-10-11-23-19-9-8-17(22-3)12-18(19)20/h4-7,14,17-19H,8-13H2,1-3H3/t14-,17+,18+,19-/m1/s1. The smallest absolute Gasteiger partial charge is 0.118 e. The average molecular weight is 319 g/mol. The number of methoxy groups -OCH3 is 2. The summed E-state index contributed by atoms with van der Waals surface area (Å²) < 4.78 is 16.9. The molecule has 1 aliphatic carbocycles. The molecular weight excluding hydrogens is 290 g/mol.